The van der Waals surface area contributed by atoms with Gasteiger partial charge in [-0.1, -0.05) is 0 Å². The van der Waals surface area contributed by atoms with Crippen LogP contribution in [0.3, 0.4) is 0 Å². The summed E-state index contributed by atoms with van der Waals surface area (Å²) in [6, 6.07) is 0. The van der Waals surface area contributed by atoms with Crippen molar-refractivity contribution in [2.45, 2.75) is 39.0 Å². The first kappa shape index (κ1) is 16.6. The number of hydrogen-bond acceptors (Lipinski definition) is 5. The maximum absolute atomic E-state index is 12.6. The lowest BCUT2D eigenvalue weighted by Crippen LogP contribution is -2.33. The third-order valence-corrected chi connectivity index (χ3v) is 4.95. The van der Waals surface area contributed by atoms with E-state index in [4.69, 9.17) is 4.74 Å². The van der Waals surface area contributed by atoms with E-state index in [0.717, 1.165) is 51.3 Å². The highest BCUT2D eigenvalue weighted by Crippen LogP contribution is 2.30. The number of aliphatic hydroxyl groups excluding tert-OH is 1. The molecule has 0 saturated carbocycles. The summed E-state index contributed by atoms with van der Waals surface area (Å²) >= 11 is 0. The molecule has 6 heteroatoms. The Morgan fingerprint density at radius 1 is 1.43 bits per heavy atom. The first-order valence-corrected chi connectivity index (χ1v) is 8.54. The number of hydrogen-bond donors (Lipinski definition) is 2. The number of ether oxygens (including phenoxy) is 1. The van der Waals surface area contributed by atoms with E-state index < -0.39 is 5.41 Å². The van der Waals surface area contributed by atoms with Crippen molar-refractivity contribution in [1.29, 1.82) is 0 Å². The quantitative estimate of drug-likeness (QED) is 0.852. The van der Waals surface area contributed by atoms with Crippen molar-refractivity contribution in [2.24, 2.45) is 11.3 Å². The minimum atomic E-state index is -0.811. The van der Waals surface area contributed by atoms with Crippen molar-refractivity contribution >= 4 is 5.91 Å². The lowest BCUT2D eigenvalue weighted by Gasteiger charge is -2.27. The average molecular weight is 321 g/mol. The van der Waals surface area contributed by atoms with Gasteiger partial charge in [0, 0.05) is 18.0 Å². The SMILES string of the molecule is CC(C)(CO)C(=O)n1cc(CC2COC2)c(C2CCNCC2)n1. The van der Waals surface area contributed by atoms with Crippen LogP contribution in [0.2, 0.25) is 0 Å². The van der Waals surface area contributed by atoms with Crippen LogP contribution >= 0.6 is 0 Å². The molecule has 3 heterocycles. The monoisotopic (exact) mass is 321 g/mol. The number of aliphatic hydroxyl groups is 1. The lowest BCUT2D eigenvalue weighted by molar-refractivity contribution is -0.0313. The van der Waals surface area contributed by atoms with Gasteiger partial charge in [0.25, 0.3) is 5.91 Å². The molecule has 23 heavy (non-hydrogen) atoms. The molecule has 0 radical (unpaired) electrons. The molecule has 1 aromatic rings. The zero-order chi connectivity index (χ0) is 16.4. The van der Waals surface area contributed by atoms with Gasteiger partial charge in [-0.15, -0.1) is 0 Å². The summed E-state index contributed by atoms with van der Waals surface area (Å²) in [4.78, 5) is 12.6. The summed E-state index contributed by atoms with van der Waals surface area (Å²) in [6.07, 6.45) is 4.92. The van der Waals surface area contributed by atoms with Crippen LogP contribution in [0.15, 0.2) is 6.20 Å². The summed E-state index contributed by atoms with van der Waals surface area (Å²) in [5, 5.41) is 17.5. The smallest absolute Gasteiger partial charge is 0.254 e. The molecule has 2 aliphatic rings. The summed E-state index contributed by atoms with van der Waals surface area (Å²) < 4.78 is 6.74. The van der Waals surface area contributed by atoms with Gasteiger partial charge in [0.1, 0.15) is 0 Å². The second-order valence-electron chi connectivity index (χ2n) is 7.46. The van der Waals surface area contributed by atoms with Crippen molar-refractivity contribution < 1.29 is 14.6 Å². The molecule has 2 aliphatic heterocycles. The van der Waals surface area contributed by atoms with Gasteiger partial charge in [0.15, 0.2) is 0 Å². The Hall–Kier alpha value is -1.24. The van der Waals surface area contributed by atoms with Crippen molar-refractivity contribution in [3.63, 3.8) is 0 Å². The molecule has 0 unspecified atom stereocenters. The van der Waals surface area contributed by atoms with E-state index in [0.29, 0.717) is 11.8 Å². The van der Waals surface area contributed by atoms with E-state index in [2.05, 4.69) is 10.4 Å². The fourth-order valence-corrected chi connectivity index (χ4v) is 3.21. The summed E-state index contributed by atoms with van der Waals surface area (Å²) in [7, 11) is 0. The molecular formula is C17H27N3O3. The highest BCUT2D eigenvalue weighted by atomic mass is 16.5. The Labute approximate surface area is 137 Å². The van der Waals surface area contributed by atoms with Gasteiger partial charge < -0.3 is 15.2 Å². The number of carbonyl (C=O) groups is 1. The van der Waals surface area contributed by atoms with Crippen molar-refractivity contribution in [1.82, 2.24) is 15.1 Å². The normalized spacial score (nSPS) is 20.5. The summed E-state index contributed by atoms with van der Waals surface area (Å²) in [5.41, 5.74) is 1.43. The molecule has 0 spiro atoms. The van der Waals surface area contributed by atoms with E-state index >= 15 is 0 Å². The fraction of sp³-hybridized carbons (Fsp3) is 0.765. The predicted octanol–water partition coefficient (Wildman–Crippen LogP) is 1.20. The van der Waals surface area contributed by atoms with E-state index in [-0.39, 0.29) is 12.5 Å². The van der Waals surface area contributed by atoms with Crippen LogP contribution < -0.4 is 5.32 Å². The fourth-order valence-electron chi connectivity index (χ4n) is 3.21. The topological polar surface area (TPSA) is 76.4 Å². The first-order chi connectivity index (χ1) is 11.0. The van der Waals surface area contributed by atoms with Crippen LogP contribution in [0.25, 0.3) is 0 Å². The maximum atomic E-state index is 12.6. The minimum Gasteiger partial charge on any atom is -0.395 e. The van der Waals surface area contributed by atoms with Crippen LogP contribution in [0.5, 0.6) is 0 Å². The van der Waals surface area contributed by atoms with Crippen LogP contribution in [0, 0.1) is 11.3 Å². The largest absolute Gasteiger partial charge is 0.395 e. The van der Waals surface area contributed by atoms with Crippen LogP contribution in [0.4, 0.5) is 0 Å². The number of piperidine rings is 1. The van der Waals surface area contributed by atoms with Gasteiger partial charge in [0.05, 0.1) is 30.9 Å². The van der Waals surface area contributed by atoms with Crippen LogP contribution in [-0.2, 0) is 11.2 Å². The number of nitrogens with one attached hydrogen (secondary N) is 1. The molecule has 2 saturated heterocycles. The Bertz CT molecular complexity index is 557. The van der Waals surface area contributed by atoms with Crippen molar-refractivity contribution in [3.05, 3.63) is 17.5 Å². The molecule has 2 N–H and O–H groups in total. The van der Waals surface area contributed by atoms with Crippen molar-refractivity contribution in [2.75, 3.05) is 32.9 Å². The minimum absolute atomic E-state index is 0.147. The second-order valence-corrected chi connectivity index (χ2v) is 7.46. The van der Waals surface area contributed by atoms with E-state index in [1.807, 2.05) is 6.20 Å². The van der Waals surface area contributed by atoms with Crippen molar-refractivity contribution in [3.8, 4) is 0 Å². The van der Waals surface area contributed by atoms with E-state index in [1.165, 1.54) is 10.2 Å². The van der Waals surface area contributed by atoms with Crippen LogP contribution in [0.1, 0.15) is 48.7 Å². The zero-order valence-electron chi connectivity index (χ0n) is 14.0. The molecule has 0 atom stereocenters. The van der Waals surface area contributed by atoms with E-state index in [1.54, 1.807) is 13.8 Å². The van der Waals surface area contributed by atoms with Gasteiger partial charge in [-0.2, -0.15) is 5.10 Å². The maximum Gasteiger partial charge on any atom is 0.254 e. The molecule has 3 rings (SSSR count). The Kier molecular flexibility index (Phi) is 4.85. The first-order valence-electron chi connectivity index (χ1n) is 8.54. The van der Waals surface area contributed by atoms with E-state index in [9.17, 15) is 9.90 Å². The Balaban J connectivity index is 1.87. The highest BCUT2D eigenvalue weighted by Gasteiger charge is 2.32. The standard InChI is InChI=1S/C17H27N3O3/c1-17(2,11-21)16(22)20-8-14(7-12-9-23-10-12)15(19-20)13-3-5-18-6-4-13/h8,12-13,18,21H,3-7,9-11H2,1-2H3. The van der Waals surface area contributed by atoms with Gasteiger partial charge in [0.2, 0.25) is 0 Å². The molecule has 128 valence electrons. The molecule has 1 aromatic heterocycles. The Morgan fingerprint density at radius 2 is 2.13 bits per heavy atom. The molecule has 0 amide bonds. The van der Waals surface area contributed by atoms with Gasteiger partial charge in [-0.3, -0.25) is 4.79 Å². The highest BCUT2D eigenvalue weighted by molar-refractivity contribution is 5.83. The third-order valence-electron chi connectivity index (χ3n) is 4.95. The molecule has 6 nitrogen and oxygen atoms in total. The lowest BCUT2D eigenvalue weighted by atomic mass is 9.89. The van der Waals surface area contributed by atoms with Gasteiger partial charge >= 0.3 is 0 Å². The summed E-state index contributed by atoms with van der Waals surface area (Å²) in [6.45, 7) is 6.92. The molecular weight excluding hydrogens is 294 g/mol. The molecule has 0 bridgehead atoms. The number of carbonyl (C=O) groups excluding carboxylic acids is 1. The van der Waals surface area contributed by atoms with Gasteiger partial charge in [-0.25, -0.2) is 4.68 Å². The predicted molar refractivity (Wildman–Crippen MR) is 86.6 cm³/mol. The zero-order valence-corrected chi connectivity index (χ0v) is 14.0. The summed E-state index contributed by atoms with van der Waals surface area (Å²) in [5.74, 6) is 0.805. The molecule has 0 aromatic carbocycles. The van der Waals surface area contributed by atoms with Gasteiger partial charge in [-0.05, 0) is 51.8 Å². The molecule has 0 aliphatic carbocycles. The Morgan fingerprint density at radius 3 is 2.70 bits per heavy atom. The number of rotatable bonds is 5. The molecule has 2 fully saturated rings. The second kappa shape index (κ2) is 6.71. The van der Waals surface area contributed by atoms with Crippen LogP contribution in [-0.4, -0.2) is 53.7 Å². The number of aromatic nitrogens is 2. The average Bonchev–Trinajstić information content (AvgIpc) is 2.95. The third kappa shape index (κ3) is 3.49. The number of nitrogens with zero attached hydrogens (tertiary/aromatic N) is 2.